The maximum atomic E-state index is 5.69. The Kier molecular flexibility index (Phi) is 7.55. The van der Waals surface area contributed by atoms with E-state index in [1.54, 1.807) is 0 Å². The fourth-order valence-electron chi connectivity index (χ4n) is 3.56. The highest BCUT2D eigenvalue weighted by molar-refractivity contribution is 5.62. The van der Waals surface area contributed by atoms with Crippen LogP contribution in [-0.2, 0) is 19.6 Å². The van der Waals surface area contributed by atoms with E-state index in [1.807, 2.05) is 18.6 Å². The van der Waals surface area contributed by atoms with E-state index in [0.717, 1.165) is 69.4 Å². The van der Waals surface area contributed by atoms with E-state index in [4.69, 9.17) is 11.5 Å². The summed E-state index contributed by atoms with van der Waals surface area (Å²) in [5.41, 5.74) is 12.2. The number of aryl methyl sites for hydroxylation is 3. The second-order valence-corrected chi connectivity index (χ2v) is 7.24. The summed E-state index contributed by atoms with van der Waals surface area (Å²) in [6.45, 7) is 8.21. The SMILES string of the molecule is CCCCN1CCCn2ncc(N=Nc3n(CCCN)cc[n+]3CCCN)c21. The van der Waals surface area contributed by atoms with Crippen molar-refractivity contribution >= 4 is 17.5 Å². The van der Waals surface area contributed by atoms with Crippen molar-refractivity contribution in [3.05, 3.63) is 18.6 Å². The lowest BCUT2D eigenvalue weighted by molar-refractivity contribution is -0.683. The molecule has 0 bridgehead atoms. The van der Waals surface area contributed by atoms with Crippen LogP contribution >= 0.6 is 0 Å². The molecule has 0 atom stereocenters. The van der Waals surface area contributed by atoms with E-state index in [2.05, 4.69) is 41.0 Å². The monoisotopic (exact) mass is 388 g/mol. The summed E-state index contributed by atoms with van der Waals surface area (Å²) in [6, 6.07) is 0. The number of aromatic nitrogens is 4. The number of hydrogen-bond acceptors (Lipinski definition) is 6. The summed E-state index contributed by atoms with van der Waals surface area (Å²) >= 11 is 0. The molecule has 0 radical (unpaired) electrons. The molecule has 9 nitrogen and oxygen atoms in total. The van der Waals surface area contributed by atoms with E-state index in [1.165, 1.54) is 12.8 Å². The lowest BCUT2D eigenvalue weighted by atomic mass is 10.2. The number of fused-ring (bicyclic) bond motifs is 1. The molecular weight excluding hydrogens is 354 g/mol. The van der Waals surface area contributed by atoms with Gasteiger partial charge in [-0.15, -0.1) is 0 Å². The molecule has 0 saturated carbocycles. The average molecular weight is 389 g/mol. The molecule has 0 aromatic carbocycles. The first-order valence-corrected chi connectivity index (χ1v) is 10.5. The number of imidazole rings is 1. The van der Waals surface area contributed by atoms with E-state index in [9.17, 15) is 0 Å². The summed E-state index contributed by atoms with van der Waals surface area (Å²) in [7, 11) is 0. The molecule has 3 rings (SSSR count). The summed E-state index contributed by atoms with van der Waals surface area (Å²) in [6.07, 6.45) is 11.2. The van der Waals surface area contributed by atoms with Crippen LogP contribution in [0.3, 0.4) is 0 Å². The number of anilines is 1. The average Bonchev–Trinajstić information content (AvgIpc) is 3.31. The van der Waals surface area contributed by atoms with Gasteiger partial charge in [0.05, 0.1) is 31.7 Å². The standard InChI is InChI=1S/C19H34N9/c1-2-3-9-25-12-6-13-28-18(25)17(16-22-28)23-24-19-26(10-4-7-20)14-15-27(19)11-5-8-21/h14-16H,2-13,20-21H2,1H3/q+1. The van der Waals surface area contributed by atoms with Gasteiger partial charge in [-0.1, -0.05) is 18.5 Å². The van der Waals surface area contributed by atoms with Crippen molar-refractivity contribution in [1.29, 1.82) is 0 Å². The molecule has 0 fully saturated rings. The molecule has 0 spiro atoms. The Balaban J connectivity index is 1.85. The molecule has 2 aromatic heterocycles. The Labute approximate surface area is 167 Å². The molecule has 28 heavy (non-hydrogen) atoms. The van der Waals surface area contributed by atoms with Gasteiger partial charge in [-0.25, -0.2) is 13.8 Å². The second-order valence-electron chi connectivity index (χ2n) is 7.24. The molecule has 1 aliphatic heterocycles. The van der Waals surface area contributed by atoms with Gasteiger partial charge in [-0.2, -0.15) is 5.10 Å². The van der Waals surface area contributed by atoms with Gasteiger partial charge in [-0.3, -0.25) is 0 Å². The van der Waals surface area contributed by atoms with Gasteiger partial charge in [0.15, 0.2) is 11.5 Å². The molecule has 1 aliphatic rings. The minimum atomic E-state index is 0.654. The van der Waals surface area contributed by atoms with Crippen LogP contribution in [-0.4, -0.2) is 40.5 Å². The summed E-state index contributed by atoms with van der Waals surface area (Å²) in [5, 5.41) is 13.8. The zero-order valence-electron chi connectivity index (χ0n) is 17.0. The van der Waals surface area contributed by atoms with Gasteiger partial charge < -0.3 is 16.4 Å². The molecule has 0 amide bonds. The highest BCUT2D eigenvalue weighted by Crippen LogP contribution is 2.32. The van der Waals surface area contributed by atoms with Gasteiger partial charge in [-0.05, 0) is 38.8 Å². The predicted molar refractivity (Wildman–Crippen MR) is 110 cm³/mol. The largest absolute Gasteiger partial charge is 0.421 e. The first-order valence-electron chi connectivity index (χ1n) is 10.5. The van der Waals surface area contributed by atoms with E-state index < -0.39 is 0 Å². The minimum Gasteiger partial charge on any atom is -0.355 e. The molecule has 154 valence electrons. The van der Waals surface area contributed by atoms with Crippen LogP contribution in [0.5, 0.6) is 0 Å². The smallest absolute Gasteiger partial charge is 0.355 e. The predicted octanol–water partition coefficient (Wildman–Crippen LogP) is 2.10. The van der Waals surface area contributed by atoms with Crippen LogP contribution in [0.1, 0.15) is 39.0 Å². The van der Waals surface area contributed by atoms with Crippen LogP contribution in [0, 0.1) is 0 Å². The van der Waals surface area contributed by atoms with Gasteiger partial charge in [0.25, 0.3) is 0 Å². The van der Waals surface area contributed by atoms with Crippen molar-refractivity contribution in [2.45, 2.75) is 58.7 Å². The van der Waals surface area contributed by atoms with Crippen LogP contribution in [0.25, 0.3) is 0 Å². The van der Waals surface area contributed by atoms with Crippen molar-refractivity contribution in [3.8, 4) is 0 Å². The van der Waals surface area contributed by atoms with Gasteiger partial charge in [0, 0.05) is 24.7 Å². The molecule has 0 saturated heterocycles. The lowest BCUT2D eigenvalue weighted by Crippen LogP contribution is -2.33. The quantitative estimate of drug-likeness (QED) is 0.454. The maximum Gasteiger partial charge on any atom is 0.421 e. The van der Waals surface area contributed by atoms with Crippen LogP contribution in [0.15, 0.2) is 28.8 Å². The third kappa shape index (κ3) is 4.77. The van der Waals surface area contributed by atoms with Crippen LogP contribution in [0.2, 0.25) is 0 Å². The Hall–Kier alpha value is -2.26. The lowest BCUT2D eigenvalue weighted by Gasteiger charge is -2.29. The molecular formula is C19H34N9+. The van der Waals surface area contributed by atoms with E-state index in [-0.39, 0.29) is 0 Å². The van der Waals surface area contributed by atoms with Gasteiger partial charge in [0.1, 0.15) is 0 Å². The number of unbranched alkanes of at least 4 members (excludes halogenated alkanes) is 1. The molecule has 2 aromatic rings. The zero-order chi connectivity index (χ0) is 19.8. The number of azo groups is 1. The van der Waals surface area contributed by atoms with Crippen molar-refractivity contribution < 1.29 is 4.57 Å². The highest BCUT2D eigenvalue weighted by atomic mass is 15.4. The number of nitrogens with two attached hydrogens (primary N) is 2. The third-order valence-corrected chi connectivity index (χ3v) is 5.07. The van der Waals surface area contributed by atoms with Crippen LogP contribution < -0.4 is 20.9 Å². The minimum absolute atomic E-state index is 0.654. The summed E-state index contributed by atoms with van der Waals surface area (Å²) in [4.78, 5) is 2.39. The first-order chi connectivity index (χ1) is 13.8. The Bertz CT molecular complexity index is 736. The van der Waals surface area contributed by atoms with Gasteiger partial charge >= 0.3 is 5.95 Å². The third-order valence-electron chi connectivity index (χ3n) is 5.07. The van der Waals surface area contributed by atoms with E-state index >= 15 is 0 Å². The summed E-state index contributed by atoms with van der Waals surface area (Å²) < 4.78 is 6.28. The van der Waals surface area contributed by atoms with E-state index in [0.29, 0.717) is 13.1 Å². The van der Waals surface area contributed by atoms with Crippen molar-refractivity contribution in [1.82, 2.24) is 14.3 Å². The molecule has 3 heterocycles. The normalized spacial score (nSPS) is 14.2. The van der Waals surface area contributed by atoms with Crippen molar-refractivity contribution in [2.75, 3.05) is 31.1 Å². The molecule has 4 N–H and O–H groups in total. The number of rotatable bonds is 11. The molecule has 0 aliphatic carbocycles. The Morgan fingerprint density at radius 2 is 1.96 bits per heavy atom. The zero-order valence-corrected chi connectivity index (χ0v) is 17.0. The first kappa shape index (κ1) is 20.5. The van der Waals surface area contributed by atoms with Crippen molar-refractivity contribution in [3.63, 3.8) is 0 Å². The van der Waals surface area contributed by atoms with Crippen LogP contribution in [0.4, 0.5) is 17.5 Å². The Morgan fingerprint density at radius 3 is 2.75 bits per heavy atom. The molecule has 0 unspecified atom stereocenters. The second kappa shape index (κ2) is 10.3. The fourth-order valence-corrected chi connectivity index (χ4v) is 3.56. The maximum absolute atomic E-state index is 5.69. The topological polar surface area (TPSA) is 107 Å². The summed E-state index contributed by atoms with van der Waals surface area (Å²) in [5.74, 6) is 1.93. The number of nitrogens with zero attached hydrogens (tertiary/aromatic N) is 7. The van der Waals surface area contributed by atoms with Gasteiger partial charge in [0.2, 0.25) is 0 Å². The fraction of sp³-hybridized carbons (Fsp3) is 0.684. The highest BCUT2D eigenvalue weighted by Gasteiger charge is 2.23. The van der Waals surface area contributed by atoms with Crippen molar-refractivity contribution in [2.24, 2.45) is 21.7 Å². The Morgan fingerprint density at radius 1 is 1.11 bits per heavy atom. The molecule has 9 heteroatoms. The number of hydrogen-bond donors (Lipinski definition) is 2.